The second-order valence-corrected chi connectivity index (χ2v) is 6.16. The molecule has 0 spiro atoms. The van der Waals surface area contributed by atoms with Crippen LogP contribution in [0.2, 0.25) is 0 Å². The molecule has 0 bridgehead atoms. The topological polar surface area (TPSA) is 89.9 Å². The van der Waals surface area contributed by atoms with Crippen LogP contribution in [0.4, 0.5) is 11.1 Å². The molecule has 1 N–H and O–H groups in total. The van der Waals surface area contributed by atoms with Crippen molar-refractivity contribution < 1.29 is 9.53 Å². The maximum absolute atomic E-state index is 12.2. The summed E-state index contributed by atoms with van der Waals surface area (Å²) in [5.41, 5.74) is 1.37. The summed E-state index contributed by atoms with van der Waals surface area (Å²) in [6.07, 6.45) is 5.60. The van der Waals surface area contributed by atoms with Gasteiger partial charge < -0.3 is 10.1 Å². The first-order valence-electron chi connectivity index (χ1n) is 7.77. The molecule has 1 atom stereocenters. The van der Waals surface area contributed by atoms with Crippen molar-refractivity contribution in [2.45, 2.75) is 19.3 Å². The van der Waals surface area contributed by atoms with Gasteiger partial charge in [0.05, 0.1) is 23.6 Å². The number of anilines is 2. The molecular weight excluding hydrogens is 338 g/mol. The zero-order valence-corrected chi connectivity index (χ0v) is 14.7. The van der Waals surface area contributed by atoms with E-state index in [0.717, 1.165) is 4.88 Å². The van der Waals surface area contributed by atoms with E-state index in [1.165, 1.54) is 18.4 Å². The van der Waals surface area contributed by atoms with Gasteiger partial charge in [-0.05, 0) is 24.6 Å². The lowest BCUT2D eigenvalue weighted by Crippen LogP contribution is -2.13. The van der Waals surface area contributed by atoms with Crippen LogP contribution in [-0.4, -0.2) is 33.0 Å². The monoisotopic (exact) mass is 355 g/mol. The van der Waals surface area contributed by atoms with E-state index in [1.54, 1.807) is 24.7 Å². The second-order valence-electron chi connectivity index (χ2n) is 5.13. The van der Waals surface area contributed by atoms with Gasteiger partial charge in [0, 0.05) is 18.6 Å². The first kappa shape index (κ1) is 17.0. The lowest BCUT2D eigenvalue weighted by Gasteiger charge is -2.11. The van der Waals surface area contributed by atoms with Crippen LogP contribution >= 0.6 is 11.3 Å². The number of carbonyl (C=O) groups is 1. The van der Waals surface area contributed by atoms with E-state index >= 15 is 0 Å². The van der Waals surface area contributed by atoms with Crippen LogP contribution in [0.3, 0.4) is 0 Å². The summed E-state index contributed by atoms with van der Waals surface area (Å²) >= 11 is 1.38. The van der Waals surface area contributed by atoms with Crippen LogP contribution < -0.4 is 5.32 Å². The molecule has 7 nitrogen and oxygen atoms in total. The molecule has 0 aliphatic rings. The number of ether oxygens (including phenoxy) is 1. The van der Waals surface area contributed by atoms with Gasteiger partial charge in [0.25, 0.3) is 0 Å². The van der Waals surface area contributed by atoms with Crippen LogP contribution in [0.5, 0.6) is 0 Å². The van der Waals surface area contributed by atoms with E-state index in [0.29, 0.717) is 28.9 Å². The average Bonchev–Trinajstić information content (AvgIpc) is 3.07. The second kappa shape index (κ2) is 7.80. The SMILES string of the molecule is CCC(C(=O)OC)c1sc(Nc2ncccn2)nc1-c1ccccn1. The molecule has 0 amide bonds. The van der Waals surface area contributed by atoms with E-state index in [9.17, 15) is 4.79 Å². The summed E-state index contributed by atoms with van der Waals surface area (Å²) < 4.78 is 4.95. The van der Waals surface area contributed by atoms with E-state index in [2.05, 4.69) is 25.3 Å². The highest BCUT2D eigenvalue weighted by molar-refractivity contribution is 7.16. The van der Waals surface area contributed by atoms with Crippen LogP contribution in [-0.2, 0) is 9.53 Å². The fourth-order valence-corrected chi connectivity index (χ4v) is 3.51. The molecule has 0 aliphatic heterocycles. The number of pyridine rings is 1. The van der Waals surface area contributed by atoms with Crippen molar-refractivity contribution in [3.8, 4) is 11.4 Å². The van der Waals surface area contributed by atoms with Crippen molar-refractivity contribution in [2.24, 2.45) is 0 Å². The Hall–Kier alpha value is -2.87. The molecular formula is C17H17N5O2S. The summed E-state index contributed by atoms with van der Waals surface area (Å²) in [4.78, 5) is 30.3. The first-order valence-corrected chi connectivity index (χ1v) is 8.58. The zero-order chi connectivity index (χ0) is 17.6. The predicted molar refractivity (Wildman–Crippen MR) is 95.7 cm³/mol. The average molecular weight is 355 g/mol. The molecule has 3 rings (SSSR count). The Labute approximate surface area is 149 Å². The van der Waals surface area contributed by atoms with Gasteiger partial charge in [-0.1, -0.05) is 13.0 Å². The Bertz CT molecular complexity index is 839. The van der Waals surface area contributed by atoms with Gasteiger partial charge in [-0.25, -0.2) is 15.0 Å². The minimum Gasteiger partial charge on any atom is -0.469 e. The quantitative estimate of drug-likeness (QED) is 0.678. The summed E-state index contributed by atoms with van der Waals surface area (Å²) in [7, 11) is 1.39. The maximum Gasteiger partial charge on any atom is 0.314 e. The highest BCUT2D eigenvalue weighted by atomic mass is 32.1. The fourth-order valence-electron chi connectivity index (χ4n) is 2.37. The number of hydrogen-bond acceptors (Lipinski definition) is 8. The maximum atomic E-state index is 12.2. The standard InChI is InChI=1S/C17H17N5O2S/c1-3-11(15(23)24-2)14-13(12-7-4-5-8-18-12)21-17(25-14)22-16-19-9-6-10-20-16/h4-11H,3H2,1-2H3,(H,19,20,21,22). The minimum absolute atomic E-state index is 0.286. The van der Waals surface area contributed by atoms with Crippen molar-refractivity contribution >= 4 is 28.4 Å². The summed E-state index contributed by atoms with van der Waals surface area (Å²) in [5, 5.41) is 3.68. The third kappa shape index (κ3) is 3.80. The highest BCUT2D eigenvalue weighted by Gasteiger charge is 2.27. The number of nitrogens with zero attached hydrogens (tertiary/aromatic N) is 4. The van der Waals surface area contributed by atoms with E-state index in [4.69, 9.17) is 4.74 Å². The molecule has 128 valence electrons. The third-order valence-electron chi connectivity index (χ3n) is 3.56. The Morgan fingerprint density at radius 2 is 1.96 bits per heavy atom. The Morgan fingerprint density at radius 1 is 1.20 bits per heavy atom. The number of carbonyl (C=O) groups excluding carboxylic acids is 1. The van der Waals surface area contributed by atoms with Crippen LogP contribution in [0.1, 0.15) is 24.1 Å². The molecule has 25 heavy (non-hydrogen) atoms. The van der Waals surface area contributed by atoms with Crippen molar-refractivity contribution in [3.63, 3.8) is 0 Å². The van der Waals surface area contributed by atoms with Gasteiger partial charge in [0.1, 0.15) is 5.69 Å². The molecule has 1 unspecified atom stereocenters. The first-order chi connectivity index (χ1) is 12.2. The van der Waals surface area contributed by atoms with Gasteiger partial charge in [-0.15, -0.1) is 11.3 Å². The van der Waals surface area contributed by atoms with E-state index in [1.807, 2.05) is 25.1 Å². The molecule has 0 aromatic carbocycles. The lowest BCUT2D eigenvalue weighted by molar-refractivity contribution is -0.142. The van der Waals surface area contributed by atoms with Gasteiger partial charge >= 0.3 is 5.97 Å². The Kier molecular flexibility index (Phi) is 5.30. The zero-order valence-electron chi connectivity index (χ0n) is 13.8. The number of nitrogens with one attached hydrogen (secondary N) is 1. The van der Waals surface area contributed by atoms with Crippen LogP contribution in [0.15, 0.2) is 42.9 Å². The van der Waals surface area contributed by atoms with Gasteiger partial charge in [-0.3, -0.25) is 9.78 Å². The van der Waals surface area contributed by atoms with Crippen molar-refractivity contribution in [1.29, 1.82) is 0 Å². The minimum atomic E-state index is -0.397. The summed E-state index contributed by atoms with van der Waals surface area (Å²) in [5.74, 6) is -0.237. The number of esters is 1. The third-order valence-corrected chi connectivity index (χ3v) is 4.64. The molecule has 0 radical (unpaired) electrons. The molecule has 0 saturated heterocycles. The molecule has 3 aromatic heterocycles. The Balaban J connectivity index is 2.03. The largest absolute Gasteiger partial charge is 0.469 e. The summed E-state index contributed by atoms with van der Waals surface area (Å²) in [6, 6.07) is 7.33. The molecule has 3 heterocycles. The van der Waals surface area contributed by atoms with Crippen molar-refractivity contribution in [1.82, 2.24) is 19.9 Å². The lowest BCUT2D eigenvalue weighted by atomic mass is 10.0. The smallest absolute Gasteiger partial charge is 0.314 e. The molecule has 3 aromatic rings. The number of hydrogen-bond donors (Lipinski definition) is 1. The fraction of sp³-hybridized carbons (Fsp3) is 0.235. The normalized spacial score (nSPS) is 11.8. The molecule has 8 heteroatoms. The molecule has 0 aliphatic carbocycles. The molecule has 0 saturated carbocycles. The van der Waals surface area contributed by atoms with Crippen molar-refractivity contribution in [3.05, 3.63) is 47.7 Å². The number of thiazole rings is 1. The summed E-state index contributed by atoms with van der Waals surface area (Å²) in [6.45, 7) is 1.94. The van der Waals surface area contributed by atoms with E-state index < -0.39 is 5.92 Å². The van der Waals surface area contributed by atoms with Crippen LogP contribution in [0, 0.1) is 0 Å². The van der Waals surface area contributed by atoms with Gasteiger partial charge in [0.15, 0.2) is 5.13 Å². The molecule has 0 fully saturated rings. The highest BCUT2D eigenvalue weighted by Crippen LogP contribution is 2.38. The number of methoxy groups -OCH3 is 1. The van der Waals surface area contributed by atoms with Gasteiger partial charge in [0.2, 0.25) is 5.95 Å². The Morgan fingerprint density at radius 3 is 2.60 bits per heavy atom. The number of rotatable bonds is 6. The van der Waals surface area contributed by atoms with Crippen LogP contribution in [0.25, 0.3) is 11.4 Å². The predicted octanol–water partition coefficient (Wildman–Crippen LogP) is 3.41. The number of aromatic nitrogens is 4. The van der Waals surface area contributed by atoms with E-state index in [-0.39, 0.29) is 5.97 Å². The van der Waals surface area contributed by atoms with Gasteiger partial charge in [-0.2, -0.15) is 0 Å². The van der Waals surface area contributed by atoms with Crippen molar-refractivity contribution in [2.75, 3.05) is 12.4 Å².